The van der Waals surface area contributed by atoms with Gasteiger partial charge in [0.1, 0.15) is 6.61 Å². The molecule has 25 heavy (non-hydrogen) atoms. The van der Waals surface area contributed by atoms with Crippen molar-refractivity contribution >= 4 is 81.2 Å². The molecule has 0 amide bonds. The summed E-state index contributed by atoms with van der Waals surface area (Å²) in [4.78, 5) is 22.0. The Labute approximate surface area is 193 Å². The summed E-state index contributed by atoms with van der Waals surface area (Å²) in [5, 5.41) is 6.42. The monoisotopic (exact) mass is 402 g/mol. The molecule has 0 rings (SSSR count). The van der Waals surface area contributed by atoms with Crippen molar-refractivity contribution in [3.63, 3.8) is 0 Å². The van der Waals surface area contributed by atoms with Crippen LogP contribution in [0.1, 0.15) is 51.9 Å². The number of carbonyl (C=O) groups is 2. The van der Waals surface area contributed by atoms with Crippen LogP contribution in [-0.2, 0) is 29.2 Å². The summed E-state index contributed by atoms with van der Waals surface area (Å²) in [6, 6.07) is 0. The van der Waals surface area contributed by atoms with Crippen LogP contribution in [0, 0.1) is 0 Å². The van der Waals surface area contributed by atoms with Crippen LogP contribution in [0.3, 0.4) is 0 Å². The summed E-state index contributed by atoms with van der Waals surface area (Å²) in [6.07, 6.45) is 5.67. The molecule has 11 heteroatoms. The van der Waals surface area contributed by atoms with Crippen molar-refractivity contribution in [2.24, 2.45) is 0 Å². The maximum atomic E-state index is 11.5. The van der Waals surface area contributed by atoms with Crippen LogP contribution in [-0.4, -0.2) is 114 Å². The normalized spacial score (nSPS) is 11.8. The Morgan fingerprint density at radius 3 is 2.04 bits per heavy atom. The molecule has 0 aliphatic rings. The SMILES string of the molecule is CCCCCCCCOCCOC(=O)C(CC(=O)O)S(=O)(=O)O.[NaH].[NaH]. The third-order valence-electron chi connectivity index (χ3n) is 3.10. The van der Waals surface area contributed by atoms with E-state index in [1.807, 2.05) is 0 Å². The summed E-state index contributed by atoms with van der Waals surface area (Å²) >= 11 is 0. The summed E-state index contributed by atoms with van der Waals surface area (Å²) in [5.41, 5.74) is 0. The van der Waals surface area contributed by atoms with Gasteiger partial charge in [-0.2, -0.15) is 8.42 Å². The van der Waals surface area contributed by atoms with E-state index in [4.69, 9.17) is 14.4 Å². The van der Waals surface area contributed by atoms with Gasteiger partial charge in [0.15, 0.2) is 5.25 Å². The van der Waals surface area contributed by atoms with E-state index in [-0.39, 0.29) is 72.3 Å². The Hall–Kier alpha value is 0.810. The fourth-order valence-electron chi connectivity index (χ4n) is 1.85. The van der Waals surface area contributed by atoms with Crippen LogP contribution in [0.5, 0.6) is 0 Å². The van der Waals surface area contributed by atoms with Crippen molar-refractivity contribution in [1.82, 2.24) is 0 Å². The molecule has 0 aliphatic heterocycles. The first-order chi connectivity index (χ1) is 10.8. The van der Waals surface area contributed by atoms with Crippen molar-refractivity contribution < 1.29 is 37.1 Å². The Morgan fingerprint density at radius 2 is 1.52 bits per heavy atom. The number of esters is 1. The molecule has 140 valence electrons. The van der Waals surface area contributed by atoms with Crippen molar-refractivity contribution in [1.29, 1.82) is 0 Å². The molecule has 0 radical (unpaired) electrons. The van der Waals surface area contributed by atoms with Crippen molar-refractivity contribution in [2.45, 2.75) is 57.1 Å². The minimum absolute atomic E-state index is 0. The summed E-state index contributed by atoms with van der Waals surface area (Å²) in [7, 11) is -4.82. The van der Waals surface area contributed by atoms with Gasteiger partial charge >= 0.3 is 71.1 Å². The molecule has 0 aromatic carbocycles. The molecule has 0 heterocycles. The second kappa shape index (κ2) is 18.2. The standard InChI is InChI=1S/C14H26O8S.2Na.2H/c1-2-3-4-5-6-7-8-21-9-10-22-14(17)12(11-13(15)16)23(18,19)20;;;;/h12H,2-11H2,1H3,(H,15,16)(H,18,19,20);;;;. The number of hydrogen-bond acceptors (Lipinski definition) is 6. The topological polar surface area (TPSA) is 127 Å². The summed E-state index contributed by atoms with van der Waals surface area (Å²) in [6.45, 7) is 2.56. The van der Waals surface area contributed by atoms with Crippen LogP contribution in [0.4, 0.5) is 0 Å². The second-order valence-corrected chi connectivity index (χ2v) is 6.75. The Balaban J connectivity index is -0.00000242. The molecular formula is C14H28Na2O8S. The number of carbonyl (C=O) groups excluding carboxylic acids is 1. The van der Waals surface area contributed by atoms with Gasteiger partial charge in [-0.1, -0.05) is 39.0 Å². The number of carboxylic acid groups (broad SMARTS) is 1. The first kappa shape index (κ1) is 30.5. The molecule has 0 saturated heterocycles. The first-order valence-corrected chi connectivity index (χ1v) is 9.21. The van der Waals surface area contributed by atoms with Gasteiger partial charge in [-0.3, -0.25) is 14.1 Å². The van der Waals surface area contributed by atoms with E-state index in [0.717, 1.165) is 19.3 Å². The van der Waals surface area contributed by atoms with Crippen LogP contribution in [0.25, 0.3) is 0 Å². The quantitative estimate of drug-likeness (QED) is 0.184. The molecule has 1 unspecified atom stereocenters. The van der Waals surface area contributed by atoms with Crippen LogP contribution >= 0.6 is 0 Å². The third kappa shape index (κ3) is 18.0. The van der Waals surface area contributed by atoms with Crippen molar-refractivity contribution in [3.05, 3.63) is 0 Å². The minimum atomic E-state index is -4.82. The van der Waals surface area contributed by atoms with Gasteiger partial charge in [0, 0.05) is 6.61 Å². The Kier molecular flexibility index (Phi) is 22.2. The molecule has 1 atom stereocenters. The third-order valence-corrected chi connectivity index (χ3v) is 4.17. The Bertz CT molecular complexity index is 456. The number of aliphatic carboxylic acids is 1. The fourth-order valence-corrected chi connectivity index (χ4v) is 2.51. The van der Waals surface area contributed by atoms with Gasteiger partial charge in [0.25, 0.3) is 10.1 Å². The molecule has 0 spiro atoms. The van der Waals surface area contributed by atoms with Gasteiger partial charge in [-0.25, -0.2) is 0 Å². The molecule has 0 saturated carbocycles. The molecule has 2 N–H and O–H groups in total. The van der Waals surface area contributed by atoms with E-state index in [2.05, 4.69) is 11.7 Å². The average Bonchev–Trinajstić information content (AvgIpc) is 2.45. The molecule has 0 aromatic rings. The first-order valence-electron chi connectivity index (χ1n) is 7.71. The zero-order valence-electron chi connectivity index (χ0n) is 13.4. The molecule has 0 fully saturated rings. The van der Waals surface area contributed by atoms with Crippen LogP contribution in [0.2, 0.25) is 0 Å². The van der Waals surface area contributed by atoms with E-state index < -0.39 is 33.7 Å². The van der Waals surface area contributed by atoms with E-state index >= 15 is 0 Å². The number of hydrogen-bond donors (Lipinski definition) is 2. The molecule has 0 aromatic heterocycles. The summed E-state index contributed by atoms with van der Waals surface area (Å²) < 4.78 is 40.6. The number of ether oxygens (including phenoxy) is 2. The number of rotatable bonds is 14. The van der Waals surface area contributed by atoms with E-state index in [9.17, 15) is 18.0 Å². The average molecular weight is 402 g/mol. The van der Waals surface area contributed by atoms with Crippen molar-refractivity contribution in [2.75, 3.05) is 19.8 Å². The van der Waals surface area contributed by atoms with Gasteiger partial charge < -0.3 is 14.6 Å². The molecule has 0 aliphatic carbocycles. The van der Waals surface area contributed by atoms with E-state index in [1.165, 1.54) is 19.3 Å². The maximum absolute atomic E-state index is 11.5. The van der Waals surface area contributed by atoms with Gasteiger partial charge in [-0.05, 0) is 6.42 Å². The molecule has 0 bridgehead atoms. The van der Waals surface area contributed by atoms with Gasteiger partial charge in [0.05, 0.1) is 13.0 Å². The molecular weight excluding hydrogens is 374 g/mol. The number of unbranched alkanes of at least 4 members (excludes halogenated alkanes) is 5. The summed E-state index contributed by atoms with van der Waals surface area (Å²) in [5.74, 6) is -2.82. The van der Waals surface area contributed by atoms with Crippen LogP contribution < -0.4 is 0 Å². The fraction of sp³-hybridized carbons (Fsp3) is 0.857. The zero-order chi connectivity index (χ0) is 17.7. The predicted molar refractivity (Wildman–Crippen MR) is 97.0 cm³/mol. The Morgan fingerprint density at radius 1 is 0.960 bits per heavy atom. The van der Waals surface area contributed by atoms with Crippen LogP contribution in [0.15, 0.2) is 0 Å². The zero-order valence-corrected chi connectivity index (χ0v) is 14.2. The van der Waals surface area contributed by atoms with E-state index in [0.29, 0.717) is 6.61 Å². The predicted octanol–water partition coefficient (Wildman–Crippen LogP) is 0.341. The van der Waals surface area contributed by atoms with Crippen molar-refractivity contribution in [3.8, 4) is 0 Å². The second-order valence-electron chi connectivity index (χ2n) is 5.15. The molecule has 8 nitrogen and oxygen atoms in total. The van der Waals surface area contributed by atoms with E-state index in [1.54, 1.807) is 0 Å². The van der Waals surface area contributed by atoms with Gasteiger partial charge in [0.2, 0.25) is 0 Å². The van der Waals surface area contributed by atoms with Gasteiger partial charge in [-0.15, -0.1) is 0 Å². The number of carboxylic acids is 1.